The van der Waals surface area contributed by atoms with E-state index in [0.29, 0.717) is 22.3 Å². The minimum atomic E-state index is -1.28. The van der Waals surface area contributed by atoms with Gasteiger partial charge >= 0.3 is 0 Å². The van der Waals surface area contributed by atoms with E-state index >= 15 is 0 Å². The molecule has 2 N–H and O–H groups in total. The maximum absolute atomic E-state index is 10.7. The molecular formula is C14H10Br2O2. The van der Waals surface area contributed by atoms with Gasteiger partial charge in [-0.2, -0.15) is 0 Å². The van der Waals surface area contributed by atoms with Gasteiger partial charge in [0.1, 0.15) is 0 Å². The molecule has 3 rings (SSSR count). The van der Waals surface area contributed by atoms with E-state index in [-0.39, 0.29) is 0 Å². The first-order valence-electron chi connectivity index (χ1n) is 5.48. The minimum Gasteiger partial charge on any atom is -0.371 e. The van der Waals surface area contributed by atoms with Crippen molar-refractivity contribution < 1.29 is 10.2 Å². The van der Waals surface area contributed by atoms with Crippen LogP contribution in [0.25, 0.3) is 0 Å². The highest BCUT2D eigenvalue weighted by atomic mass is 79.9. The summed E-state index contributed by atoms with van der Waals surface area (Å²) in [6.07, 6.45) is 0. The lowest BCUT2D eigenvalue weighted by Crippen LogP contribution is -2.36. The Kier molecular flexibility index (Phi) is 2.68. The second-order valence-corrected chi connectivity index (χ2v) is 6.63. The highest BCUT2D eigenvalue weighted by molar-refractivity contribution is 9.10. The van der Waals surface area contributed by atoms with Crippen LogP contribution in [0.1, 0.15) is 22.3 Å². The van der Waals surface area contributed by atoms with Gasteiger partial charge in [0.25, 0.3) is 0 Å². The Morgan fingerprint density at radius 3 is 1.06 bits per heavy atom. The summed E-state index contributed by atoms with van der Waals surface area (Å²) in [5, 5.41) is 21.4. The second kappa shape index (κ2) is 3.90. The number of alkyl halides is 2. The Morgan fingerprint density at radius 2 is 0.833 bits per heavy atom. The van der Waals surface area contributed by atoms with Crippen LogP contribution < -0.4 is 0 Å². The van der Waals surface area contributed by atoms with Crippen LogP contribution >= 0.6 is 31.9 Å². The van der Waals surface area contributed by atoms with Crippen LogP contribution in [-0.4, -0.2) is 10.2 Å². The van der Waals surface area contributed by atoms with Crippen LogP contribution in [0.4, 0.5) is 0 Å². The third-order valence-corrected chi connectivity index (χ3v) is 4.99. The topological polar surface area (TPSA) is 40.5 Å². The van der Waals surface area contributed by atoms with Gasteiger partial charge in [0.15, 0.2) is 9.02 Å². The minimum absolute atomic E-state index is 0.642. The lowest BCUT2D eigenvalue weighted by Gasteiger charge is -2.38. The van der Waals surface area contributed by atoms with Gasteiger partial charge in [-0.15, -0.1) is 0 Å². The van der Waals surface area contributed by atoms with E-state index in [1.165, 1.54) is 0 Å². The summed E-state index contributed by atoms with van der Waals surface area (Å²) in [4.78, 5) is 0. The van der Waals surface area contributed by atoms with Crippen LogP contribution in [-0.2, 0) is 9.02 Å². The summed E-state index contributed by atoms with van der Waals surface area (Å²) >= 11 is 6.73. The van der Waals surface area contributed by atoms with E-state index < -0.39 is 9.02 Å². The van der Waals surface area contributed by atoms with E-state index in [1.807, 2.05) is 24.3 Å². The van der Waals surface area contributed by atoms with Crippen LogP contribution in [0.2, 0.25) is 0 Å². The zero-order chi connectivity index (χ0) is 13.0. The molecule has 4 heteroatoms. The van der Waals surface area contributed by atoms with Crippen molar-refractivity contribution in [3.05, 3.63) is 70.8 Å². The predicted octanol–water partition coefficient (Wildman–Crippen LogP) is 3.18. The molecule has 0 atom stereocenters. The standard InChI is InChI=1S/C14H10Br2O2/c15-13(17)9-5-1-2-6-10(9)14(16,18)12-8-4-3-7-11(12)13/h1-8,17-18H. The summed E-state index contributed by atoms with van der Waals surface area (Å²) in [5.74, 6) is 0. The number of benzene rings is 2. The van der Waals surface area contributed by atoms with Crippen molar-refractivity contribution in [2.75, 3.05) is 0 Å². The van der Waals surface area contributed by atoms with Crippen molar-refractivity contribution in [3.8, 4) is 0 Å². The average molecular weight is 370 g/mol. The number of rotatable bonds is 0. The van der Waals surface area contributed by atoms with E-state index in [2.05, 4.69) is 31.9 Å². The van der Waals surface area contributed by atoms with E-state index in [1.54, 1.807) is 24.3 Å². The number of aliphatic hydroxyl groups is 2. The first-order chi connectivity index (χ1) is 8.45. The lowest BCUT2D eigenvalue weighted by atomic mass is 9.82. The molecule has 0 unspecified atom stereocenters. The Balaban J connectivity index is 2.41. The zero-order valence-electron chi connectivity index (χ0n) is 9.27. The van der Waals surface area contributed by atoms with Gasteiger partial charge in [-0.05, 0) is 31.9 Å². The number of fused-ring (bicyclic) bond motifs is 2. The zero-order valence-corrected chi connectivity index (χ0v) is 12.4. The molecule has 2 aromatic carbocycles. The molecule has 0 saturated heterocycles. The van der Waals surface area contributed by atoms with Gasteiger partial charge in [-0.3, -0.25) is 0 Å². The normalized spacial score (nSPS) is 29.6. The molecule has 0 radical (unpaired) electrons. The molecule has 0 amide bonds. The van der Waals surface area contributed by atoms with Gasteiger partial charge in [0.05, 0.1) is 0 Å². The van der Waals surface area contributed by atoms with Crippen LogP contribution in [0.3, 0.4) is 0 Å². The summed E-state index contributed by atoms with van der Waals surface area (Å²) in [5.41, 5.74) is 2.57. The summed E-state index contributed by atoms with van der Waals surface area (Å²) in [6.45, 7) is 0. The molecule has 0 aliphatic heterocycles. The molecule has 0 aromatic heterocycles. The summed E-state index contributed by atoms with van der Waals surface area (Å²) in [6, 6.07) is 14.5. The molecule has 0 spiro atoms. The smallest absolute Gasteiger partial charge is 0.171 e. The van der Waals surface area contributed by atoms with E-state index in [4.69, 9.17) is 0 Å². The fourth-order valence-corrected chi connectivity index (χ4v) is 3.79. The molecule has 18 heavy (non-hydrogen) atoms. The molecule has 92 valence electrons. The van der Waals surface area contributed by atoms with Crippen molar-refractivity contribution >= 4 is 31.9 Å². The Hall–Kier alpha value is -0.680. The Bertz CT molecular complexity index is 515. The lowest BCUT2D eigenvalue weighted by molar-refractivity contribution is 0.140. The van der Waals surface area contributed by atoms with Gasteiger partial charge in [-0.1, -0.05) is 48.5 Å². The van der Waals surface area contributed by atoms with E-state index in [0.717, 1.165) is 0 Å². The maximum Gasteiger partial charge on any atom is 0.171 e. The maximum atomic E-state index is 10.7. The Labute approximate surface area is 122 Å². The third-order valence-electron chi connectivity index (χ3n) is 3.28. The predicted molar refractivity (Wildman–Crippen MR) is 76.7 cm³/mol. The highest BCUT2D eigenvalue weighted by Gasteiger charge is 2.46. The molecule has 0 fully saturated rings. The second-order valence-electron chi connectivity index (χ2n) is 4.34. The van der Waals surface area contributed by atoms with Gasteiger partial charge in [0.2, 0.25) is 0 Å². The van der Waals surface area contributed by atoms with Crippen LogP contribution in [0.15, 0.2) is 48.5 Å². The van der Waals surface area contributed by atoms with Crippen LogP contribution in [0.5, 0.6) is 0 Å². The number of hydrogen-bond acceptors (Lipinski definition) is 2. The first-order valence-corrected chi connectivity index (χ1v) is 7.07. The molecule has 0 heterocycles. The quantitative estimate of drug-likeness (QED) is 0.700. The molecule has 1 aliphatic rings. The average Bonchev–Trinajstić information content (AvgIpc) is 2.37. The van der Waals surface area contributed by atoms with Crippen LogP contribution in [0, 0.1) is 0 Å². The number of hydrogen-bond donors (Lipinski definition) is 2. The van der Waals surface area contributed by atoms with Gasteiger partial charge in [0, 0.05) is 22.3 Å². The summed E-state index contributed by atoms with van der Waals surface area (Å²) in [7, 11) is 0. The van der Waals surface area contributed by atoms with E-state index in [9.17, 15) is 10.2 Å². The molecule has 2 nitrogen and oxygen atoms in total. The molecule has 0 bridgehead atoms. The first kappa shape index (κ1) is 12.4. The fraction of sp³-hybridized carbons (Fsp3) is 0.143. The fourth-order valence-electron chi connectivity index (χ4n) is 2.41. The third kappa shape index (κ3) is 1.53. The molecule has 0 saturated carbocycles. The molecular weight excluding hydrogens is 360 g/mol. The van der Waals surface area contributed by atoms with Crippen molar-refractivity contribution in [2.45, 2.75) is 9.02 Å². The van der Waals surface area contributed by atoms with Crippen molar-refractivity contribution in [3.63, 3.8) is 0 Å². The molecule has 2 aromatic rings. The SMILES string of the molecule is OC1(Br)c2ccccc2C(O)(Br)c2ccccc21. The highest BCUT2D eigenvalue weighted by Crippen LogP contribution is 2.52. The van der Waals surface area contributed by atoms with Crippen molar-refractivity contribution in [1.82, 2.24) is 0 Å². The van der Waals surface area contributed by atoms with Gasteiger partial charge < -0.3 is 10.2 Å². The largest absolute Gasteiger partial charge is 0.371 e. The Morgan fingerprint density at radius 1 is 0.611 bits per heavy atom. The van der Waals surface area contributed by atoms with Gasteiger partial charge in [-0.25, -0.2) is 0 Å². The number of halogens is 2. The molecule has 1 aliphatic carbocycles. The monoisotopic (exact) mass is 368 g/mol. The van der Waals surface area contributed by atoms with Crippen molar-refractivity contribution in [1.29, 1.82) is 0 Å². The summed E-state index contributed by atoms with van der Waals surface area (Å²) < 4.78 is -2.56. The van der Waals surface area contributed by atoms with Crippen molar-refractivity contribution in [2.24, 2.45) is 0 Å².